The molecule has 2 aromatic rings. The molecule has 0 saturated heterocycles. The number of carbonyl (C=O) groups is 1. The molecule has 6 heteroatoms. The van der Waals surface area contributed by atoms with E-state index < -0.39 is 6.10 Å². The van der Waals surface area contributed by atoms with Crippen LogP contribution in [0.1, 0.15) is 56.8 Å². The largest absolute Gasteiger partial charge is 0.485 e. The Hall–Kier alpha value is -2.57. The molecular formula is C26H37N3O3. The van der Waals surface area contributed by atoms with Crippen molar-refractivity contribution in [1.82, 2.24) is 10.6 Å². The highest BCUT2D eigenvalue weighted by atomic mass is 16.5. The molecule has 0 radical (unpaired) electrons. The van der Waals surface area contributed by atoms with Crippen LogP contribution < -0.4 is 20.7 Å². The van der Waals surface area contributed by atoms with Gasteiger partial charge in [-0.25, -0.2) is 0 Å². The number of ether oxygens (including phenoxy) is 1. The number of nitrogens with one attached hydrogen (secondary N) is 3. The van der Waals surface area contributed by atoms with Crippen LogP contribution in [-0.4, -0.2) is 42.4 Å². The van der Waals surface area contributed by atoms with Crippen LogP contribution in [0.3, 0.4) is 0 Å². The SMILES string of the molecule is CCc1cc(NC)c2c(c1)[C@H](NC[C@@H](O)[C@H](Cc1ccccc1)NC(C)=O)CC(C)(C)O2. The summed E-state index contributed by atoms with van der Waals surface area (Å²) in [5.41, 5.74) is 4.08. The number of rotatable bonds is 9. The van der Waals surface area contributed by atoms with Crippen molar-refractivity contribution in [2.24, 2.45) is 0 Å². The first kappa shape index (κ1) is 24.1. The lowest BCUT2D eigenvalue weighted by molar-refractivity contribution is -0.120. The first-order valence-electron chi connectivity index (χ1n) is 11.5. The van der Waals surface area contributed by atoms with Gasteiger partial charge in [0.05, 0.1) is 17.8 Å². The summed E-state index contributed by atoms with van der Waals surface area (Å²) in [5.74, 6) is 0.726. The average molecular weight is 440 g/mol. The van der Waals surface area contributed by atoms with Crippen LogP contribution in [-0.2, 0) is 17.6 Å². The van der Waals surface area contributed by atoms with E-state index in [-0.39, 0.29) is 23.6 Å². The number of aliphatic hydroxyl groups excluding tert-OH is 1. The highest BCUT2D eigenvalue weighted by Gasteiger charge is 2.36. The summed E-state index contributed by atoms with van der Waals surface area (Å²) < 4.78 is 6.33. The van der Waals surface area contributed by atoms with Crippen LogP contribution in [0.2, 0.25) is 0 Å². The molecule has 32 heavy (non-hydrogen) atoms. The zero-order chi connectivity index (χ0) is 23.3. The summed E-state index contributed by atoms with van der Waals surface area (Å²) in [4.78, 5) is 11.8. The molecule has 0 unspecified atom stereocenters. The van der Waals surface area contributed by atoms with Gasteiger partial charge in [-0.05, 0) is 43.9 Å². The molecule has 3 atom stereocenters. The molecule has 0 aromatic heterocycles. The van der Waals surface area contributed by atoms with Crippen molar-refractivity contribution in [3.05, 3.63) is 59.2 Å². The maximum absolute atomic E-state index is 11.8. The molecular weight excluding hydrogens is 402 g/mol. The van der Waals surface area contributed by atoms with Gasteiger partial charge in [0.15, 0.2) is 0 Å². The number of hydrogen-bond donors (Lipinski definition) is 4. The first-order valence-corrected chi connectivity index (χ1v) is 11.5. The van der Waals surface area contributed by atoms with Gasteiger partial charge in [-0.2, -0.15) is 0 Å². The fourth-order valence-electron chi connectivity index (χ4n) is 4.40. The molecule has 174 valence electrons. The number of aliphatic hydroxyl groups is 1. The minimum atomic E-state index is -0.730. The van der Waals surface area contributed by atoms with Crippen molar-refractivity contribution in [3.8, 4) is 5.75 Å². The average Bonchev–Trinajstić information content (AvgIpc) is 2.76. The second-order valence-electron chi connectivity index (χ2n) is 9.26. The number of anilines is 1. The molecule has 1 aliphatic rings. The Kier molecular flexibility index (Phi) is 7.80. The number of fused-ring (bicyclic) bond motifs is 1. The van der Waals surface area contributed by atoms with Crippen LogP contribution in [0, 0.1) is 0 Å². The van der Waals surface area contributed by atoms with Gasteiger partial charge >= 0.3 is 0 Å². The van der Waals surface area contributed by atoms with Gasteiger partial charge in [-0.15, -0.1) is 0 Å². The Morgan fingerprint density at radius 2 is 1.94 bits per heavy atom. The monoisotopic (exact) mass is 439 g/mol. The minimum absolute atomic E-state index is 0.0386. The number of benzene rings is 2. The standard InChI is InChI=1S/C26H37N3O3/c1-6-18-12-20-23(15-26(3,4)32-25(20)22(13-18)27-5)28-16-24(31)21(29-17(2)30)14-19-10-8-7-9-11-19/h7-13,21,23-24,27-28,31H,6,14-16H2,1-5H3,(H,29,30)/t21-,23+,24+/m0/s1. The van der Waals surface area contributed by atoms with Crippen molar-refractivity contribution < 1.29 is 14.6 Å². The van der Waals surface area contributed by atoms with Gasteiger partial charge in [-0.1, -0.05) is 43.3 Å². The minimum Gasteiger partial charge on any atom is -0.485 e. The van der Waals surface area contributed by atoms with Crippen LogP contribution >= 0.6 is 0 Å². The van der Waals surface area contributed by atoms with Gasteiger partial charge in [0.2, 0.25) is 5.91 Å². The summed E-state index contributed by atoms with van der Waals surface area (Å²) in [7, 11) is 1.91. The van der Waals surface area contributed by atoms with Gasteiger partial charge in [0.25, 0.3) is 0 Å². The third-order valence-corrected chi connectivity index (χ3v) is 6.03. The van der Waals surface area contributed by atoms with E-state index in [1.54, 1.807) is 0 Å². The smallest absolute Gasteiger partial charge is 0.217 e. The molecule has 6 nitrogen and oxygen atoms in total. The molecule has 1 aliphatic heterocycles. The molecule has 0 aliphatic carbocycles. The van der Waals surface area contributed by atoms with Crippen molar-refractivity contribution in [2.75, 3.05) is 18.9 Å². The Morgan fingerprint density at radius 1 is 1.22 bits per heavy atom. The summed E-state index contributed by atoms with van der Waals surface area (Å²) in [5, 5.41) is 20.8. The maximum Gasteiger partial charge on any atom is 0.217 e. The third-order valence-electron chi connectivity index (χ3n) is 6.03. The van der Waals surface area contributed by atoms with Crippen LogP contribution in [0.15, 0.2) is 42.5 Å². The lowest BCUT2D eigenvalue weighted by Crippen LogP contribution is -2.49. The van der Waals surface area contributed by atoms with E-state index >= 15 is 0 Å². The molecule has 1 heterocycles. The van der Waals surface area contributed by atoms with Crippen LogP contribution in [0.4, 0.5) is 5.69 Å². The van der Waals surface area contributed by atoms with Crippen molar-refractivity contribution >= 4 is 11.6 Å². The van der Waals surface area contributed by atoms with Gasteiger partial charge < -0.3 is 25.8 Å². The van der Waals surface area contributed by atoms with Gasteiger partial charge in [0, 0.05) is 38.5 Å². The topological polar surface area (TPSA) is 82.6 Å². The molecule has 3 rings (SSSR count). The van der Waals surface area contributed by atoms with Crippen LogP contribution in [0.5, 0.6) is 5.75 Å². The normalized spacial score (nSPS) is 18.8. The van der Waals surface area contributed by atoms with E-state index in [0.717, 1.165) is 35.4 Å². The summed E-state index contributed by atoms with van der Waals surface area (Å²) in [6, 6.07) is 13.9. The van der Waals surface area contributed by atoms with Crippen molar-refractivity contribution in [1.29, 1.82) is 0 Å². The number of hydrogen-bond acceptors (Lipinski definition) is 5. The van der Waals surface area contributed by atoms with Gasteiger partial charge in [-0.3, -0.25) is 4.79 Å². The Labute approximate surface area is 191 Å². The molecule has 0 fully saturated rings. The zero-order valence-electron chi connectivity index (χ0n) is 19.9. The first-order chi connectivity index (χ1) is 15.2. The second kappa shape index (κ2) is 10.4. The van der Waals surface area contributed by atoms with Crippen molar-refractivity contribution in [3.63, 3.8) is 0 Å². The molecule has 1 amide bonds. The lowest BCUT2D eigenvalue weighted by atomic mass is 9.87. The fraction of sp³-hybridized carbons (Fsp3) is 0.500. The number of carbonyl (C=O) groups excluding carboxylic acids is 1. The molecule has 4 N–H and O–H groups in total. The zero-order valence-corrected chi connectivity index (χ0v) is 19.9. The van der Waals surface area contributed by atoms with E-state index in [1.165, 1.54) is 12.5 Å². The Balaban J connectivity index is 1.79. The predicted molar refractivity (Wildman–Crippen MR) is 129 cm³/mol. The number of aryl methyl sites for hydroxylation is 1. The van der Waals surface area contributed by atoms with Crippen LogP contribution in [0.25, 0.3) is 0 Å². The lowest BCUT2D eigenvalue weighted by Gasteiger charge is -2.39. The summed E-state index contributed by atoms with van der Waals surface area (Å²) in [6.45, 7) is 8.17. The van der Waals surface area contributed by atoms with Gasteiger partial charge in [0.1, 0.15) is 11.4 Å². The van der Waals surface area contributed by atoms with E-state index in [2.05, 4.69) is 48.9 Å². The number of amides is 1. The Bertz CT molecular complexity index is 914. The maximum atomic E-state index is 11.8. The summed E-state index contributed by atoms with van der Waals surface area (Å²) >= 11 is 0. The fourth-order valence-corrected chi connectivity index (χ4v) is 4.40. The highest BCUT2D eigenvalue weighted by molar-refractivity contribution is 5.73. The van der Waals surface area contributed by atoms with E-state index in [1.807, 2.05) is 37.4 Å². The van der Waals surface area contributed by atoms with E-state index in [4.69, 9.17) is 4.74 Å². The molecule has 0 spiro atoms. The third kappa shape index (κ3) is 6.02. The van der Waals surface area contributed by atoms with E-state index in [9.17, 15) is 9.90 Å². The van der Waals surface area contributed by atoms with Crippen molar-refractivity contribution in [2.45, 2.75) is 70.7 Å². The Morgan fingerprint density at radius 3 is 2.56 bits per heavy atom. The highest BCUT2D eigenvalue weighted by Crippen LogP contribution is 2.44. The quantitative estimate of drug-likeness (QED) is 0.480. The summed E-state index contributed by atoms with van der Waals surface area (Å²) in [6.07, 6.45) is 1.56. The molecule has 2 aromatic carbocycles. The second-order valence-corrected chi connectivity index (χ2v) is 9.26. The molecule has 0 bridgehead atoms. The predicted octanol–water partition coefficient (Wildman–Crippen LogP) is 3.59. The van der Waals surface area contributed by atoms with E-state index in [0.29, 0.717) is 13.0 Å². The molecule has 0 saturated carbocycles.